The summed E-state index contributed by atoms with van der Waals surface area (Å²) in [6.07, 6.45) is 4.34. The maximum absolute atomic E-state index is 11.3. The van der Waals surface area contributed by atoms with Crippen LogP contribution in [-0.4, -0.2) is 17.9 Å². The highest BCUT2D eigenvalue weighted by molar-refractivity contribution is 5.83. The number of aryl methyl sites for hydroxylation is 1. The van der Waals surface area contributed by atoms with Crippen molar-refractivity contribution in [3.63, 3.8) is 0 Å². The standard InChI is InChI=1S/C13H17N3O/c1-14-16-13(17)8-4-5-10-9-15-12-7-3-2-6-11(10)12/h2-3,6-7,9,14-15H,4-5,8H2,1H3,(H,16,17). The van der Waals surface area contributed by atoms with Gasteiger partial charge in [-0.3, -0.25) is 10.2 Å². The van der Waals surface area contributed by atoms with E-state index in [1.807, 2.05) is 18.3 Å². The van der Waals surface area contributed by atoms with Crippen LogP contribution in [0.2, 0.25) is 0 Å². The number of rotatable bonds is 5. The Morgan fingerprint density at radius 3 is 3.00 bits per heavy atom. The van der Waals surface area contributed by atoms with Gasteiger partial charge in [0.1, 0.15) is 0 Å². The van der Waals surface area contributed by atoms with Crippen LogP contribution in [-0.2, 0) is 11.2 Å². The number of benzene rings is 1. The molecule has 1 aromatic carbocycles. The molecule has 0 aliphatic heterocycles. The molecule has 90 valence electrons. The van der Waals surface area contributed by atoms with Crippen molar-refractivity contribution in [1.82, 2.24) is 15.8 Å². The van der Waals surface area contributed by atoms with Gasteiger partial charge in [0.2, 0.25) is 5.91 Å². The van der Waals surface area contributed by atoms with Crippen LogP contribution in [0.25, 0.3) is 10.9 Å². The van der Waals surface area contributed by atoms with Crippen LogP contribution in [0.15, 0.2) is 30.5 Å². The Hall–Kier alpha value is -1.81. The molecule has 0 bridgehead atoms. The minimum atomic E-state index is 0.0346. The summed E-state index contributed by atoms with van der Waals surface area (Å²) in [5.41, 5.74) is 7.63. The number of hydrazine groups is 1. The maximum atomic E-state index is 11.3. The third-order valence-electron chi connectivity index (χ3n) is 2.79. The molecule has 0 aliphatic carbocycles. The lowest BCUT2D eigenvalue weighted by atomic mass is 10.1. The first-order valence-corrected chi connectivity index (χ1v) is 5.82. The Morgan fingerprint density at radius 1 is 1.35 bits per heavy atom. The van der Waals surface area contributed by atoms with Gasteiger partial charge in [0.25, 0.3) is 0 Å². The smallest absolute Gasteiger partial charge is 0.234 e. The first-order chi connectivity index (χ1) is 8.31. The van der Waals surface area contributed by atoms with E-state index in [-0.39, 0.29) is 5.91 Å². The number of carbonyl (C=O) groups is 1. The molecule has 17 heavy (non-hydrogen) atoms. The average molecular weight is 231 g/mol. The van der Waals surface area contributed by atoms with Crippen molar-refractivity contribution in [3.05, 3.63) is 36.0 Å². The topological polar surface area (TPSA) is 56.9 Å². The average Bonchev–Trinajstić information content (AvgIpc) is 2.73. The summed E-state index contributed by atoms with van der Waals surface area (Å²) in [5.74, 6) is 0.0346. The fourth-order valence-electron chi connectivity index (χ4n) is 1.98. The van der Waals surface area contributed by atoms with E-state index in [1.54, 1.807) is 7.05 Å². The number of fused-ring (bicyclic) bond motifs is 1. The number of aromatic amines is 1. The molecule has 4 heteroatoms. The summed E-state index contributed by atoms with van der Waals surface area (Å²) in [6, 6.07) is 8.22. The van der Waals surface area contributed by atoms with Crippen LogP contribution in [0.5, 0.6) is 0 Å². The number of nitrogens with one attached hydrogen (secondary N) is 3. The molecule has 1 aromatic heterocycles. The van der Waals surface area contributed by atoms with E-state index >= 15 is 0 Å². The number of amides is 1. The summed E-state index contributed by atoms with van der Waals surface area (Å²) < 4.78 is 0. The first-order valence-electron chi connectivity index (χ1n) is 5.82. The molecule has 0 saturated heterocycles. The Labute approximate surface area is 100 Å². The summed E-state index contributed by atoms with van der Waals surface area (Å²) >= 11 is 0. The minimum absolute atomic E-state index is 0.0346. The Balaban J connectivity index is 1.93. The van der Waals surface area contributed by atoms with Crippen molar-refractivity contribution >= 4 is 16.8 Å². The fourth-order valence-corrected chi connectivity index (χ4v) is 1.98. The highest BCUT2D eigenvalue weighted by atomic mass is 16.2. The van der Waals surface area contributed by atoms with Crippen LogP contribution in [0.4, 0.5) is 0 Å². The van der Waals surface area contributed by atoms with Gasteiger partial charge in [-0.2, -0.15) is 0 Å². The third kappa shape index (κ3) is 2.85. The summed E-state index contributed by atoms with van der Waals surface area (Å²) in [6.45, 7) is 0. The van der Waals surface area contributed by atoms with Gasteiger partial charge in [-0.05, 0) is 24.5 Å². The predicted molar refractivity (Wildman–Crippen MR) is 68.4 cm³/mol. The van der Waals surface area contributed by atoms with Crippen LogP contribution >= 0.6 is 0 Å². The quantitative estimate of drug-likeness (QED) is 0.686. The summed E-state index contributed by atoms with van der Waals surface area (Å²) in [4.78, 5) is 14.5. The normalized spacial score (nSPS) is 10.6. The molecule has 0 atom stereocenters. The highest BCUT2D eigenvalue weighted by Crippen LogP contribution is 2.19. The number of H-pyrrole nitrogens is 1. The summed E-state index contributed by atoms with van der Waals surface area (Å²) in [7, 11) is 1.69. The molecule has 0 fully saturated rings. The molecule has 4 nitrogen and oxygen atoms in total. The molecule has 3 N–H and O–H groups in total. The molecule has 2 aromatic rings. The first kappa shape index (κ1) is 11.7. The molecular formula is C13H17N3O. The summed E-state index contributed by atoms with van der Waals surface area (Å²) in [5, 5.41) is 1.25. The zero-order chi connectivity index (χ0) is 12.1. The number of carbonyl (C=O) groups excluding carboxylic acids is 1. The second kappa shape index (κ2) is 5.50. The Morgan fingerprint density at radius 2 is 2.18 bits per heavy atom. The van der Waals surface area contributed by atoms with Crippen molar-refractivity contribution in [1.29, 1.82) is 0 Å². The van der Waals surface area contributed by atoms with Gasteiger partial charge in [-0.1, -0.05) is 18.2 Å². The van der Waals surface area contributed by atoms with Crippen LogP contribution in [0, 0.1) is 0 Å². The second-order valence-corrected chi connectivity index (χ2v) is 4.01. The fraction of sp³-hybridized carbons (Fsp3) is 0.308. The van der Waals surface area contributed by atoms with Gasteiger partial charge in [-0.25, -0.2) is 5.43 Å². The molecule has 0 spiro atoms. The highest BCUT2D eigenvalue weighted by Gasteiger charge is 2.04. The van der Waals surface area contributed by atoms with E-state index < -0.39 is 0 Å². The molecule has 0 saturated carbocycles. The van der Waals surface area contributed by atoms with Crippen LogP contribution in [0.3, 0.4) is 0 Å². The second-order valence-electron chi connectivity index (χ2n) is 4.01. The van der Waals surface area contributed by atoms with Crippen molar-refractivity contribution < 1.29 is 4.79 Å². The van der Waals surface area contributed by atoms with E-state index in [9.17, 15) is 4.79 Å². The van der Waals surface area contributed by atoms with E-state index in [0.29, 0.717) is 6.42 Å². The molecule has 2 rings (SSSR count). The van der Waals surface area contributed by atoms with Gasteiger partial charge in [0.15, 0.2) is 0 Å². The monoisotopic (exact) mass is 231 g/mol. The largest absolute Gasteiger partial charge is 0.361 e. The predicted octanol–water partition coefficient (Wildman–Crippen LogP) is 1.74. The molecule has 0 unspecified atom stereocenters. The number of para-hydroxylation sites is 1. The number of aromatic nitrogens is 1. The lowest BCUT2D eigenvalue weighted by molar-refractivity contribution is -0.122. The van der Waals surface area contributed by atoms with Crippen molar-refractivity contribution in [3.8, 4) is 0 Å². The van der Waals surface area contributed by atoms with Gasteiger partial charge in [-0.15, -0.1) is 0 Å². The van der Waals surface area contributed by atoms with Gasteiger partial charge < -0.3 is 4.98 Å². The van der Waals surface area contributed by atoms with Gasteiger partial charge >= 0.3 is 0 Å². The van der Waals surface area contributed by atoms with E-state index in [2.05, 4.69) is 28.0 Å². The zero-order valence-electron chi connectivity index (χ0n) is 9.92. The van der Waals surface area contributed by atoms with Gasteiger partial charge in [0.05, 0.1) is 0 Å². The lowest BCUT2D eigenvalue weighted by Crippen LogP contribution is -2.33. The van der Waals surface area contributed by atoms with Crippen molar-refractivity contribution in [2.75, 3.05) is 7.05 Å². The zero-order valence-corrected chi connectivity index (χ0v) is 9.92. The maximum Gasteiger partial charge on any atom is 0.234 e. The molecular weight excluding hydrogens is 214 g/mol. The third-order valence-corrected chi connectivity index (χ3v) is 2.79. The van der Waals surface area contributed by atoms with Crippen LogP contribution < -0.4 is 10.9 Å². The Kier molecular flexibility index (Phi) is 3.77. The number of hydrogen-bond donors (Lipinski definition) is 3. The van der Waals surface area contributed by atoms with E-state index in [4.69, 9.17) is 0 Å². The lowest BCUT2D eigenvalue weighted by Gasteiger charge is -2.02. The van der Waals surface area contributed by atoms with Crippen molar-refractivity contribution in [2.24, 2.45) is 0 Å². The molecule has 1 amide bonds. The minimum Gasteiger partial charge on any atom is -0.361 e. The molecule has 0 radical (unpaired) electrons. The SMILES string of the molecule is CNNC(=O)CCCc1c[nH]c2ccccc12. The molecule has 1 heterocycles. The van der Waals surface area contributed by atoms with E-state index in [0.717, 1.165) is 18.4 Å². The Bertz CT molecular complexity index is 504. The van der Waals surface area contributed by atoms with Gasteiger partial charge in [0, 0.05) is 30.6 Å². The van der Waals surface area contributed by atoms with Crippen molar-refractivity contribution in [2.45, 2.75) is 19.3 Å². The van der Waals surface area contributed by atoms with E-state index in [1.165, 1.54) is 10.9 Å². The van der Waals surface area contributed by atoms with Crippen LogP contribution in [0.1, 0.15) is 18.4 Å². The number of hydrogen-bond acceptors (Lipinski definition) is 2. The molecule has 0 aliphatic rings.